The van der Waals surface area contributed by atoms with Gasteiger partial charge in [0.15, 0.2) is 17.4 Å². The normalized spacial score (nSPS) is 11.1. The van der Waals surface area contributed by atoms with Crippen molar-refractivity contribution >= 4 is 41.5 Å². The molecule has 0 saturated heterocycles. The van der Waals surface area contributed by atoms with Gasteiger partial charge in [-0.05, 0) is 43.7 Å². The highest BCUT2D eigenvalue weighted by Gasteiger charge is 2.08. The molecule has 2 aromatic heterocycles. The van der Waals surface area contributed by atoms with E-state index in [1.165, 1.54) is 6.07 Å². The van der Waals surface area contributed by atoms with Crippen molar-refractivity contribution in [2.75, 3.05) is 19.6 Å². The minimum Gasteiger partial charge on any atom is -0.357 e. The maximum atomic E-state index is 13.6. The molecule has 0 aliphatic rings. The first-order valence-electron chi connectivity index (χ1n) is 9.43. The summed E-state index contributed by atoms with van der Waals surface area (Å²) in [6.07, 6.45) is 1.89. The van der Waals surface area contributed by atoms with Crippen LogP contribution in [0.4, 0.5) is 4.39 Å². The van der Waals surface area contributed by atoms with Crippen molar-refractivity contribution in [1.29, 1.82) is 0 Å². The lowest BCUT2D eigenvalue weighted by Crippen LogP contribution is -2.41. The monoisotopic (exact) mass is 525 g/mol. The lowest BCUT2D eigenvalue weighted by atomic mass is 10.1. The molecule has 0 aliphatic carbocycles. The van der Waals surface area contributed by atoms with E-state index in [0.29, 0.717) is 43.3 Å². The summed E-state index contributed by atoms with van der Waals surface area (Å²) in [6, 6.07) is 10.1. The van der Waals surface area contributed by atoms with Crippen LogP contribution in [0.25, 0.3) is 5.65 Å². The van der Waals surface area contributed by atoms with E-state index in [9.17, 15) is 9.18 Å². The Labute approximate surface area is 191 Å². The highest BCUT2D eigenvalue weighted by atomic mass is 127. The van der Waals surface area contributed by atoms with Gasteiger partial charge in [0.05, 0.1) is 0 Å². The Morgan fingerprint density at radius 1 is 1.13 bits per heavy atom. The summed E-state index contributed by atoms with van der Waals surface area (Å²) >= 11 is 0. The molecule has 0 fully saturated rings. The minimum absolute atomic E-state index is 0. The Balaban J connectivity index is 0.00000320. The summed E-state index contributed by atoms with van der Waals surface area (Å²) in [7, 11) is 0. The van der Waals surface area contributed by atoms with Gasteiger partial charge in [0.2, 0.25) is 0 Å². The summed E-state index contributed by atoms with van der Waals surface area (Å²) in [6.45, 7) is 5.51. The average Bonchev–Trinajstić information content (AvgIpc) is 3.14. The summed E-state index contributed by atoms with van der Waals surface area (Å²) in [5.41, 5.74) is 1.58. The SMILES string of the molecule is CCNC(=NCc1nnc2ccccn12)NCCNC(=O)c1ccc(C)c(F)c1.I. The van der Waals surface area contributed by atoms with Crippen LogP contribution in [0, 0.1) is 12.7 Å². The summed E-state index contributed by atoms with van der Waals surface area (Å²) in [5.74, 6) is 0.629. The fourth-order valence-electron chi connectivity index (χ4n) is 2.68. The number of carbonyl (C=O) groups excluding carboxylic acids is 1. The highest BCUT2D eigenvalue weighted by molar-refractivity contribution is 14.0. The lowest BCUT2D eigenvalue weighted by molar-refractivity contribution is 0.0954. The molecular weight excluding hydrogens is 500 g/mol. The Kier molecular flexibility index (Phi) is 8.96. The van der Waals surface area contributed by atoms with Crippen LogP contribution in [-0.2, 0) is 6.54 Å². The molecule has 3 aromatic rings. The minimum atomic E-state index is -0.390. The number of aryl methyl sites for hydroxylation is 1. The fraction of sp³-hybridized carbons (Fsp3) is 0.300. The summed E-state index contributed by atoms with van der Waals surface area (Å²) < 4.78 is 15.5. The Morgan fingerprint density at radius 2 is 1.93 bits per heavy atom. The van der Waals surface area contributed by atoms with Gasteiger partial charge in [0.1, 0.15) is 12.4 Å². The molecule has 10 heteroatoms. The third-order valence-corrected chi connectivity index (χ3v) is 4.24. The van der Waals surface area contributed by atoms with E-state index in [1.54, 1.807) is 19.1 Å². The van der Waals surface area contributed by atoms with Crippen LogP contribution in [0.1, 0.15) is 28.7 Å². The van der Waals surface area contributed by atoms with Crippen molar-refractivity contribution in [3.05, 3.63) is 65.4 Å². The van der Waals surface area contributed by atoms with Crippen molar-refractivity contribution in [2.24, 2.45) is 4.99 Å². The maximum absolute atomic E-state index is 13.6. The number of carbonyl (C=O) groups is 1. The van der Waals surface area contributed by atoms with E-state index in [2.05, 4.69) is 31.1 Å². The largest absolute Gasteiger partial charge is 0.357 e. The van der Waals surface area contributed by atoms with Gasteiger partial charge in [-0.15, -0.1) is 34.2 Å². The molecular formula is C20H25FIN7O. The number of halogens is 2. The first-order valence-corrected chi connectivity index (χ1v) is 9.43. The van der Waals surface area contributed by atoms with Gasteiger partial charge in [-0.25, -0.2) is 9.38 Å². The number of hydrogen-bond donors (Lipinski definition) is 3. The number of nitrogens with one attached hydrogen (secondary N) is 3. The molecule has 0 radical (unpaired) electrons. The number of amides is 1. The van der Waals surface area contributed by atoms with Crippen molar-refractivity contribution in [1.82, 2.24) is 30.5 Å². The quantitative estimate of drug-likeness (QED) is 0.191. The molecule has 0 unspecified atom stereocenters. The molecule has 8 nitrogen and oxygen atoms in total. The molecule has 1 amide bonds. The second-order valence-electron chi connectivity index (χ2n) is 6.39. The molecule has 0 aliphatic heterocycles. The first-order chi connectivity index (χ1) is 14.1. The van der Waals surface area contributed by atoms with E-state index in [1.807, 2.05) is 35.7 Å². The van der Waals surface area contributed by atoms with Crippen LogP contribution in [0.5, 0.6) is 0 Å². The number of fused-ring (bicyclic) bond motifs is 1. The molecule has 0 atom stereocenters. The van der Waals surface area contributed by atoms with E-state index >= 15 is 0 Å². The highest BCUT2D eigenvalue weighted by Crippen LogP contribution is 2.08. The number of nitrogens with zero attached hydrogens (tertiary/aromatic N) is 4. The molecule has 0 bridgehead atoms. The molecule has 1 aromatic carbocycles. The first kappa shape index (κ1) is 23.5. The van der Waals surface area contributed by atoms with E-state index in [4.69, 9.17) is 0 Å². The molecule has 0 spiro atoms. The van der Waals surface area contributed by atoms with Crippen LogP contribution in [0.3, 0.4) is 0 Å². The van der Waals surface area contributed by atoms with Gasteiger partial charge in [0, 0.05) is 31.4 Å². The standard InChI is InChI=1S/C20H24FN7O.HI/c1-3-22-20(25-13-18-27-26-17-6-4-5-11-28(17)18)24-10-9-23-19(29)15-8-7-14(2)16(21)12-15;/h4-8,11-12H,3,9-10,13H2,1-2H3,(H,23,29)(H2,22,24,25);1H. The van der Waals surface area contributed by atoms with Crippen LogP contribution in [-0.4, -0.2) is 46.1 Å². The van der Waals surface area contributed by atoms with Crippen LogP contribution < -0.4 is 16.0 Å². The van der Waals surface area contributed by atoms with Gasteiger partial charge in [-0.1, -0.05) is 12.1 Å². The van der Waals surface area contributed by atoms with Gasteiger partial charge < -0.3 is 16.0 Å². The second kappa shape index (κ2) is 11.4. The smallest absolute Gasteiger partial charge is 0.251 e. The predicted octanol–water partition coefficient (Wildman–Crippen LogP) is 2.28. The molecule has 2 heterocycles. The number of hydrogen-bond acceptors (Lipinski definition) is 4. The summed E-state index contributed by atoms with van der Waals surface area (Å²) in [5, 5.41) is 17.3. The lowest BCUT2D eigenvalue weighted by Gasteiger charge is -2.12. The molecule has 3 rings (SSSR count). The predicted molar refractivity (Wildman–Crippen MR) is 125 cm³/mol. The van der Waals surface area contributed by atoms with Gasteiger partial charge in [-0.3, -0.25) is 9.20 Å². The zero-order chi connectivity index (χ0) is 20.6. The van der Waals surface area contributed by atoms with Gasteiger partial charge >= 0.3 is 0 Å². The molecule has 30 heavy (non-hydrogen) atoms. The average molecular weight is 525 g/mol. The zero-order valence-electron chi connectivity index (χ0n) is 16.9. The maximum Gasteiger partial charge on any atom is 0.251 e. The van der Waals surface area contributed by atoms with E-state index in [-0.39, 0.29) is 29.9 Å². The van der Waals surface area contributed by atoms with Gasteiger partial charge in [0.25, 0.3) is 5.91 Å². The van der Waals surface area contributed by atoms with Crippen molar-refractivity contribution in [2.45, 2.75) is 20.4 Å². The Bertz CT molecular complexity index is 1020. The molecule has 160 valence electrons. The van der Waals surface area contributed by atoms with E-state index in [0.717, 1.165) is 11.5 Å². The van der Waals surface area contributed by atoms with Crippen LogP contribution in [0.15, 0.2) is 47.6 Å². The zero-order valence-corrected chi connectivity index (χ0v) is 19.2. The third-order valence-electron chi connectivity index (χ3n) is 4.24. The van der Waals surface area contributed by atoms with E-state index < -0.39 is 5.82 Å². The van der Waals surface area contributed by atoms with Crippen LogP contribution in [0.2, 0.25) is 0 Å². The number of pyridine rings is 1. The number of benzene rings is 1. The van der Waals surface area contributed by atoms with Gasteiger partial charge in [-0.2, -0.15) is 0 Å². The van der Waals surface area contributed by atoms with Crippen molar-refractivity contribution in [3.63, 3.8) is 0 Å². The molecule has 0 saturated carbocycles. The molecule has 3 N–H and O–H groups in total. The summed E-state index contributed by atoms with van der Waals surface area (Å²) in [4.78, 5) is 16.6. The third kappa shape index (κ3) is 6.12. The number of aromatic nitrogens is 3. The fourth-order valence-corrected chi connectivity index (χ4v) is 2.68. The van der Waals surface area contributed by atoms with Crippen LogP contribution >= 0.6 is 24.0 Å². The topological polar surface area (TPSA) is 95.7 Å². The van der Waals surface area contributed by atoms with Crippen molar-refractivity contribution < 1.29 is 9.18 Å². The van der Waals surface area contributed by atoms with Crippen molar-refractivity contribution in [3.8, 4) is 0 Å². The Morgan fingerprint density at radius 3 is 2.70 bits per heavy atom. The Hall–Kier alpha value is -2.76. The second-order valence-corrected chi connectivity index (χ2v) is 6.39. The number of guanidine groups is 1. The number of aliphatic imine (C=N–C) groups is 1. The number of rotatable bonds is 7.